The summed E-state index contributed by atoms with van der Waals surface area (Å²) in [6.45, 7) is 5.79. The van der Waals surface area contributed by atoms with Crippen molar-refractivity contribution in [2.24, 2.45) is 0 Å². The highest BCUT2D eigenvalue weighted by Gasteiger charge is 2.14. The van der Waals surface area contributed by atoms with Crippen LogP contribution in [0.25, 0.3) is 0 Å². The fraction of sp³-hybridized carbons (Fsp3) is 0.278. The number of hydrogen-bond acceptors (Lipinski definition) is 3. The predicted molar refractivity (Wildman–Crippen MR) is 88.5 cm³/mol. The van der Waals surface area contributed by atoms with Gasteiger partial charge in [-0.1, -0.05) is 35.4 Å². The molecular formula is C18H20O2S. The fourth-order valence-electron chi connectivity index (χ4n) is 2.46. The van der Waals surface area contributed by atoms with E-state index in [2.05, 4.69) is 32.0 Å². The minimum atomic E-state index is 0.0374. The topological polar surface area (TPSA) is 26.3 Å². The standard InChI is InChI=1S/C18H20O2S/c1-12-8-13(2)10-15(9-12)11-21-17-7-5-6-16(20-4)18(17)14(3)19/h5-10H,11H2,1-4H3. The molecule has 0 N–H and O–H groups in total. The van der Waals surface area contributed by atoms with Gasteiger partial charge < -0.3 is 4.74 Å². The maximum Gasteiger partial charge on any atom is 0.164 e. The molecule has 21 heavy (non-hydrogen) atoms. The number of hydrogen-bond donors (Lipinski definition) is 0. The monoisotopic (exact) mass is 300 g/mol. The van der Waals surface area contributed by atoms with Crippen molar-refractivity contribution in [3.8, 4) is 5.75 Å². The first-order chi connectivity index (χ1) is 10.0. The summed E-state index contributed by atoms with van der Waals surface area (Å²) in [4.78, 5) is 12.8. The molecule has 0 saturated carbocycles. The van der Waals surface area contributed by atoms with Crippen molar-refractivity contribution in [3.63, 3.8) is 0 Å². The van der Waals surface area contributed by atoms with Crippen LogP contribution in [0.5, 0.6) is 5.75 Å². The van der Waals surface area contributed by atoms with Crippen molar-refractivity contribution < 1.29 is 9.53 Å². The summed E-state index contributed by atoms with van der Waals surface area (Å²) in [5.74, 6) is 1.53. The first-order valence-electron chi connectivity index (χ1n) is 6.89. The number of Topliss-reactive ketones (excluding diaryl/α,β-unsaturated/α-hetero) is 1. The van der Waals surface area contributed by atoms with E-state index in [1.54, 1.807) is 25.8 Å². The molecule has 2 aromatic carbocycles. The van der Waals surface area contributed by atoms with E-state index in [1.165, 1.54) is 16.7 Å². The number of thioether (sulfide) groups is 1. The first-order valence-corrected chi connectivity index (χ1v) is 7.87. The minimum Gasteiger partial charge on any atom is -0.496 e. The SMILES string of the molecule is COc1cccc(SCc2cc(C)cc(C)c2)c1C(C)=O. The van der Waals surface area contributed by atoms with Gasteiger partial charge in [0.05, 0.1) is 12.7 Å². The van der Waals surface area contributed by atoms with Crippen molar-refractivity contribution in [2.45, 2.75) is 31.4 Å². The smallest absolute Gasteiger partial charge is 0.164 e. The summed E-state index contributed by atoms with van der Waals surface area (Å²) >= 11 is 1.67. The van der Waals surface area contributed by atoms with E-state index >= 15 is 0 Å². The maximum atomic E-state index is 11.9. The molecule has 0 bridgehead atoms. The third kappa shape index (κ3) is 3.88. The van der Waals surface area contributed by atoms with Crippen LogP contribution in [0, 0.1) is 13.8 Å². The van der Waals surface area contributed by atoms with Crippen LogP contribution < -0.4 is 4.74 Å². The molecule has 0 amide bonds. The third-order valence-corrected chi connectivity index (χ3v) is 4.36. The Labute approximate surface area is 130 Å². The molecular weight excluding hydrogens is 280 g/mol. The molecule has 0 aliphatic carbocycles. The number of rotatable bonds is 5. The highest BCUT2D eigenvalue weighted by atomic mass is 32.2. The summed E-state index contributed by atoms with van der Waals surface area (Å²) < 4.78 is 5.30. The Balaban J connectivity index is 2.25. The summed E-state index contributed by atoms with van der Waals surface area (Å²) in [6.07, 6.45) is 0. The van der Waals surface area contributed by atoms with Gasteiger partial charge in [-0.3, -0.25) is 4.79 Å². The van der Waals surface area contributed by atoms with Gasteiger partial charge in [0.15, 0.2) is 5.78 Å². The summed E-state index contributed by atoms with van der Waals surface area (Å²) in [5, 5.41) is 0. The van der Waals surface area contributed by atoms with E-state index in [4.69, 9.17) is 4.74 Å². The Kier molecular flexibility index (Phi) is 5.07. The predicted octanol–water partition coefficient (Wildman–Crippen LogP) is 4.81. The van der Waals surface area contributed by atoms with Gasteiger partial charge in [-0.15, -0.1) is 11.8 Å². The molecule has 3 heteroatoms. The quantitative estimate of drug-likeness (QED) is 0.585. The largest absolute Gasteiger partial charge is 0.496 e. The average molecular weight is 300 g/mol. The molecule has 0 unspecified atom stereocenters. The van der Waals surface area contributed by atoms with Crippen LogP contribution in [0.1, 0.15) is 34.0 Å². The van der Waals surface area contributed by atoms with Gasteiger partial charge in [0, 0.05) is 10.6 Å². The Morgan fingerprint density at radius 1 is 1.14 bits per heavy atom. The zero-order chi connectivity index (χ0) is 15.4. The zero-order valence-corrected chi connectivity index (χ0v) is 13.7. The third-order valence-electron chi connectivity index (χ3n) is 3.24. The molecule has 0 heterocycles. The van der Waals surface area contributed by atoms with Crippen LogP contribution in [-0.2, 0) is 5.75 Å². The highest BCUT2D eigenvalue weighted by molar-refractivity contribution is 7.98. The van der Waals surface area contributed by atoms with Gasteiger partial charge in [0.1, 0.15) is 5.75 Å². The Morgan fingerprint density at radius 2 is 1.81 bits per heavy atom. The lowest BCUT2D eigenvalue weighted by molar-refractivity contribution is 0.101. The van der Waals surface area contributed by atoms with Crippen molar-refractivity contribution in [1.29, 1.82) is 0 Å². The van der Waals surface area contributed by atoms with Crippen molar-refractivity contribution in [3.05, 3.63) is 58.7 Å². The van der Waals surface area contributed by atoms with Gasteiger partial charge in [0.25, 0.3) is 0 Å². The lowest BCUT2D eigenvalue weighted by Gasteiger charge is -2.11. The van der Waals surface area contributed by atoms with Gasteiger partial charge in [0.2, 0.25) is 0 Å². The number of methoxy groups -OCH3 is 1. The van der Waals surface area contributed by atoms with E-state index in [9.17, 15) is 4.79 Å². The highest BCUT2D eigenvalue weighted by Crippen LogP contribution is 2.32. The van der Waals surface area contributed by atoms with Crippen LogP contribution in [0.2, 0.25) is 0 Å². The van der Waals surface area contributed by atoms with Crippen molar-refractivity contribution in [1.82, 2.24) is 0 Å². The van der Waals surface area contributed by atoms with Crippen LogP contribution in [-0.4, -0.2) is 12.9 Å². The second-order valence-electron chi connectivity index (χ2n) is 5.17. The second kappa shape index (κ2) is 6.81. The molecule has 0 spiro atoms. The molecule has 0 atom stereocenters. The van der Waals surface area contributed by atoms with E-state index in [-0.39, 0.29) is 5.78 Å². The number of carbonyl (C=O) groups excluding carboxylic acids is 1. The molecule has 0 aliphatic heterocycles. The molecule has 0 fully saturated rings. The lowest BCUT2D eigenvalue weighted by Crippen LogP contribution is -2.00. The van der Waals surface area contributed by atoms with Gasteiger partial charge >= 0.3 is 0 Å². The lowest BCUT2D eigenvalue weighted by atomic mass is 10.1. The Morgan fingerprint density at radius 3 is 2.38 bits per heavy atom. The van der Waals surface area contributed by atoms with E-state index in [1.807, 2.05) is 18.2 Å². The summed E-state index contributed by atoms with van der Waals surface area (Å²) in [6, 6.07) is 12.3. The number of ketones is 1. The molecule has 0 aromatic heterocycles. The number of carbonyl (C=O) groups is 1. The molecule has 0 radical (unpaired) electrons. The molecule has 0 saturated heterocycles. The van der Waals surface area contributed by atoms with Crippen LogP contribution in [0.15, 0.2) is 41.3 Å². The average Bonchev–Trinajstić information content (AvgIpc) is 2.43. The number of aryl methyl sites for hydroxylation is 2. The van der Waals surface area contributed by atoms with E-state index in [0.717, 1.165) is 10.6 Å². The van der Waals surface area contributed by atoms with Crippen LogP contribution >= 0.6 is 11.8 Å². The van der Waals surface area contributed by atoms with Gasteiger partial charge in [-0.2, -0.15) is 0 Å². The normalized spacial score (nSPS) is 10.5. The fourth-order valence-corrected chi connectivity index (χ4v) is 3.51. The summed E-state index contributed by atoms with van der Waals surface area (Å²) in [5.41, 5.74) is 4.48. The molecule has 110 valence electrons. The molecule has 2 aromatic rings. The van der Waals surface area contributed by atoms with Crippen molar-refractivity contribution >= 4 is 17.5 Å². The maximum absolute atomic E-state index is 11.9. The second-order valence-corrected chi connectivity index (χ2v) is 6.19. The van der Waals surface area contributed by atoms with Crippen molar-refractivity contribution in [2.75, 3.05) is 7.11 Å². The van der Waals surface area contributed by atoms with Gasteiger partial charge in [-0.05, 0) is 38.5 Å². The van der Waals surface area contributed by atoms with Gasteiger partial charge in [-0.25, -0.2) is 0 Å². The molecule has 0 aliphatic rings. The van der Waals surface area contributed by atoms with Crippen LogP contribution in [0.3, 0.4) is 0 Å². The Hall–Kier alpha value is -1.74. The summed E-state index contributed by atoms with van der Waals surface area (Å²) in [7, 11) is 1.60. The van der Waals surface area contributed by atoms with E-state index in [0.29, 0.717) is 11.3 Å². The molecule has 2 rings (SSSR count). The zero-order valence-electron chi connectivity index (χ0n) is 12.9. The Bertz CT molecular complexity index is 642. The number of ether oxygens (including phenoxy) is 1. The molecule has 2 nitrogen and oxygen atoms in total. The van der Waals surface area contributed by atoms with E-state index < -0.39 is 0 Å². The number of benzene rings is 2. The minimum absolute atomic E-state index is 0.0374. The first kappa shape index (κ1) is 15.6. The van der Waals surface area contributed by atoms with Crippen LogP contribution in [0.4, 0.5) is 0 Å².